The fourth-order valence-electron chi connectivity index (χ4n) is 3.86. The summed E-state index contributed by atoms with van der Waals surface area (Å²) in [6.07, 6.45) is 4.56. The minimum atomic E-state index is 0.334. The average molecular weight is 292 g/mol. The molecule has 2 saturated heterocycles. The third kappa shape index (κ3) is 2.39. The lowest BCUT2D eigenvalue weighted by molar-refractivity contribution is 0.324. The smallest absolute Gasteiger partial charge is 0.203 e. The van der Waals surface area contributed by atoms with Gasteiger partial charge in [0.25, 0.3) is 0 Å². The van der Waals surface area contributed by atoms with E-state index in [-0.39, 0.29) is 0 Å². The van der Waals surface area contributed by atoms with Gasteiger partial charge in [0.15, 0.2) is 11.5 Å². The van der Waals surface area contributed by atoms with E-state index in [1.54, 1.807) is 21.3 Å². The van der Waals surface area contributed by atoms with Gasteiger partial charge in [-0.05, 0) is 25.7 Å². The minimum Gasteiger partial charge on any atom is -0.493 e. The highest BCUT2D eigenvalue weighted by molar-refractivity contribution is 5.65. The van der Waals surface area contributed by atoms with Crippen LogP contribution in [0.4, 0.5) is 5.69 Å². The number of nitrogens with zero attached hydrogens (tertiary/aromatic N) is 1. The van der Waals surface area contributed by atoms with Gasteiger partial charge in [-0.15, -0.1) is 0 Å². The lowest BCUT2D eigenvalue weighted by atomic mass is 9.97. The van der Waals surface area contributed by atoms with E-state index in [1.165, 1.54) is 12.8 Å². The zero-order valence-corrected chi connectivity index (χ0v) is 13.0. The number of hydrogen-bond donors (Lipinski definition) is 1. The first-order chi connectivity index (χ1) is 10.2. The van der Waals surface area contributed by atoms with E-state index in [0.29, 0.717) is 35.4 Å². The van der Waals surface area contributed by atoms with Crippen LogP contribution in [-0.2, 0) is 0 Å². The van der Waals surface area contributed by atoms with Crippen molar-refractivity contribution in [2.75, 3.05) is 26.2 Å². The van der Waals surface area contributed by atoms with E-state index in [9.17, 15) is 0 Å². The topological polar surface area (TPSA) is 57.0 Å². The number of hydrogen-bond acceptors (Lipinski definition) is 5. The normalized spacial score (nSPS) is 27.6. The van der Waals surface area contributed by atoms with Crippen molar-refractivity contribution in [3.63, 3.8) is 0 Å². The third-order valence-corrected chi connectivity index (χ3v) is 4.72. The van der Waals surface area contributed by atoms with Crippen LogP contribution in [0.25, 0.3) is 0 Å². The Labute approximate surface area is 126 Å². The number of methoxy groups -OCH3 is 3. The molecule has 0 spiro atoms. The first kappa shape index (κ1) is 14.3. The Morgan fingerprint density at radius 1 is 0.952 bits per heavy atom. The number of piperidine rings is 1. The minimum absolute atomic E-state index is 0.334. The summed E-state index contributed by atoms with van der Waals surface area (Å²) in [5.41, 5.74) is 7.30. The second kappa shape index (κ2) is 5.64. The molecular formula is C16H24N2O3. The number of ether oxygens (including phenoxy) is 3. The molecule has 21 heavy (non-hydrogen) atoms. The molecule has 2 bridgehead atoms. The van der Waals surface area contributed by atoms with E-state index in [2.05, 4.69) is 4.90 Å². The van der Waals surface area contributed by atoms with Gasteiger partial charge < -0.3 is 24.8 Å². The number of fused-ring (bicyclic) bond motifs is 2. The van der Waals surface area contributed by atoms with E-state index < -0.39 is 0 Å². The fourth-order valence-corrected chi connectivity index (χ4v) is 3.86. The van der Waals surface area contributed by atoms with Crippen molar-refractivity contribution < 1.29 is 14.2 Å². The first-order valence-electron chi connectivity index (χ1n) is 7.51. The Bertz CT molecular complexity index is 481. The fraction of sp³-hybridized carbons (Fsp3) is 0.625. The molecule has 2 aliphatic heterocycles. The van der Waals surface area contributed by atoms with Crippen LogP contribution in [0, 0.1) is 0 Å². The van der Waals surface area contributed by atoms with Crippen molar-refractivity contribution in [2.45, 2.75) is 43.8 Å². The standard InChI is InChI=1S/C16H24N2O3/c1-19-14-8-13(9-15(20-2)16(14)21-3)18-11-4-5-12(18)7-10(17)6-11/h8-12H,4-7,17H2,1-3H3. The van der Waals surface area contributed by atoms with Crippen molar-refractivity contribution in [3.05, 3.63) is 12.1 Å². The summed E-state index contributed by atoms with van der Waals surface area (Å²) in [6, 6.07) is 5.48. The predicted octanol–water partition coefficient (Wildman–Crippen LogP) is 2.17. The Morgan fingerprint density at radius 2 is 1.48 bits per heavy atom. The second-order valence-electron chi connectivity index (χ2n) is 5.91. The highest BCUT2D eigenvalue weighted by Gasteiger charge is 2.40. The molecule has 1 aromatic carbocycles. The van der Waals surface area contributed by atoms with Gasteiger partial charge in [-0.1, -0.05) is 0 Å². The molecule has 2 heterocycles. The van der Waals surface area contributed by atoms with Crippen molar-refractivity contribution in [3.8, 4) is 17.2 Å². The zero-order valence-electron chi connectivity index (χ0n) is 13.0. The van der Waals surface area contributed by atoms with Crippen molar-refractivity contribution >= 4 is 5.69 Å². The average Bonchev–Trinajstić information content (AvgIpc) is 2.77. The van der Waals surface area contributed by atoms with Gasteiger partial charge in [-0.2, -0.15) is 0 Å². The maximum absolute atomic E-state index is 6.16. The molecule has 0 radical (unpaired) electrons. The SMILES string of the molecule is COc1cc(N2C3CCC2CC(N)C3)cc(OC)c1OC. The van der Waals surface area contributed by atoms with Crippen LogP contribution in [0.15, 0.2) is 12.1 Å². The second-order valence-corrected chi connectivity index (χ2v) is 5.91. The zero-order chi connectivity index (χ0) is 15.0. The van der Waals surface area contributed by atoms with Gasteiger partial charge in [0, 0.05) is 35.9 Å². The van der Waals surface area contributed by atoms with Crippen LogP contribution in [-0.4, -0.2) is 39.5 Å². The van der Waals surface area contributed by atoms with Crippen LogP contribution < -0.4 is 24.8 Å². The molecule has 1 aromatic rings. The van der Waals surface area contributed by atoms with Gasteiger partial charge in [0.05, 0.1) is 21.3 Å². The first-order valence-corrected chi connectivity index (χ1v) is 7.51. The molecule has 0 amide bonds. The van der Waals surface area contributed by atoms with Crippen molar-refractivity contribution in [2.24, 2.45) is 5.73 Å². The van der Waals surface area contributed by atoms with Crippen LogP contribution in [0.3, 0.4) is 0 Å². The molecule has 0 aromatic heterocycles. The van der Waals surface area contributed by atoms with Crippen molar-refractivity contribution in [1.82, 2.24) is 0 Å². The molecule has 2 aliphatic rings. The number of benzene rings is 1. The molecule has 2 fully saturated rings. The summed E-state index contributed by atoms with van der Waals surface area (Å²) in [5.74, 6) is 2.06. The van der Waals surface area contributed by atoms with Crippen LogP contribution >= 0.6 is 0 Å². The number of nitrogens with two attached hydrogens (primary N) is 1. The summed E-state index contributed by atoms with van der Waals surface area (Å²) in [7, 11) is 4.94. The Balaban J connectivity index is 1.99. The molecular weight excluding hydrogens is 268 g/mol. The molecule has 2 atom stereocenters. The van der Waals surface area contributed by atoms with Crippen LogP contribution in [0.5, 0.6) is 17.2 Å². The predicted molar refractivity (Wildman–Crippen MR) is 82.6 cm³/mol. The Hall–Kier alpha value is -1.62. The molecule has 2 unspecified atom stereocenters. The van der Waals surface area contributed by atoms with E-state index in [4.69, 9.17) is 19.9 Å². The largest absolute Gasteiger partial charge is 0.493 e. The van der Waals surface area contributed by atoms with Gasteiger partial charge >= 0.3 is 0 Å². The molecule has 3 rings (SSSR count). The van der Waals surface area contributed by atoms with E-state index in [0.717, 1.165) is 18.5 Å². The molecule has 2 N–H and O–H groups in total. The van der Waals surface area contributed by atoms with Crippen molar-refractivity contribution in [1.29, 1.82) is 0 Å². The maximum Gasteiger partial charge on any atom is 0.203 e. The van der Waals surface area contributed by atoms with E-state index >= 15 is 0 Å². The Kier molecular flexibility index (Phi) is 3.85. The summed E-state index contributed by atoms with van der Waals surface area (Å²) >= 11 is 0. The molecule has 0 aliphatic carbocycles. The summed E-state index contributed by atoms with van der Waals surface area (Å²) < 4.78 is 16.3. The number of rotatable bonds is 4. The maximum atomic E-state index is 6.16. The van der Waals surface area contributed by atoms with Gasteiger partial charge in [0.1, 0.15) is 0 Å². The molecule has 5 heteroatoms. The van der Waals surface area contributed by atoms with E-state index in [1.807, 2.05) is 12.1 Å². The third-order valence-electron chi connectivity index (χ3n) is 4.72. The highest BCUT2D eigenvalue weighted by atomic mass is 16.5. The summed E-state index contributed by atoms with van der Waals surface area (Å²) in [5, 5.41) is 0. The lowest BCUT2D eigenvalue weighted by Crippen LogP contribution is -2.47. The number of anilines is 1. The summed E-state index contributed by atoms with van der Waals surface area (Å²) in [6.45, 7) is 0. The summed E-state index contributed by atoms with van der Waals surface area (Å²) in [4.78, 5) is 2.49. The van der Waals surface area contributed by atoms with Gasteiger partial charge in [-0.25, -0.2) is 0 Å². The van der Waals surface area contributed by atoms with Crippen LogP contribution in [0.2, 0.25) is 0 Å². The van der Waals surface area contributed by atoms with Gasteiger partial charge in [-0.3, -0.25) is 0 Å². The van der Waals surface area contributed by atoms with Gasteiger partial charge in [0.2, 0.25) is 5.75 Å². The quantitative estimate of drug-likeness (QED) is 0.921. The highest BCUT2D eigenvalue weighted by Crippen LogP contribution is 2.45. The monoisotopic (exact) mass is 292 g/mol. The van der Waals surface area contributed by atoms with Crippen LogP contribution in [0.1, 0.15) is 25.7 Å². The molecule has 0 saturated carbocycles. The molecule has 116 valence electrons. The Morgan fingerprint density at radius 3 is 1.90 bits per heavy atom. The molecule has 5 nitrogen and oxygen atoms in total. The lowest BCUT2D eigenvalue weighted by Gasteiger charge is -2.39.